The Kier molecular flexibility index (Phi) is 9.83. The highest BCUT2D eigenvalue weighted by Crippen LogP contribution is 2.35. The lowest BCUT2D eigenvalue weighted by Crippen LogP contribution is -2.65. The third-order valence-electron chi connectivity index (χ3n) is 8.65. The number of hydrogen-bond donors (Lipinski definition) is 0. The molecular weight excluding hydrogens is 633 g/mol. The van der Waals surface area contributed by atoms with Crippen LogP contribution in [-0.2, 0) is 41.9 Å². The average molecular weight is 667 g/mol. The van der Waals surface area contributed by atoms with Crippen molar-refractivity contribution in [2.75, 3.05) is 24.6 Å². The second-order valence-corrected chi connectivity index (χ2v) is 14.0. The van der Waals surface area contributed by atoms with Gasteiger partial charge >= 0.3 is 12.2 Å². The van der Waals surface area contributed by atoms with Gasteiger partial charge in [0.1, 0.15) is 37.4 Å². The zero-order valence-electron chi connectivity index (χ0n) is 25.0. The third kappa shape index (κ3) is 6.45. The van der Waals surface area contributed by atoms with E-state index < -0.39 is 48.2 Å². The van der Waals surface area contributed by atoms with Gasteiger partial charge in [-0.25, -0.2) is 19.4 Å². The maximum atomic E-state index is 13.5. The highest BCUT2D eigenvalue weighted by atomic mass is 33.1. The van der Waals surface area contributed by atoms with Gasteiger partial charge in [0, 0.05) is 24.6 Å². The minimum Gasteiger partial charge on any atom is -0.444 e. The van der Waals surface area contributed by atoms with Crippen LogP contribution >= 0.6 is 21.6 Å². The van der Waals surface area contributed by atoms with E-state index >= 15 is 0 Å². The first-order chi connectivity index (χ1) is 22.3. The van der Waals surface area contributed by atoms with Crippen LogP contribution < -0.4 is 0 Å². The van der Waals surface area contributed by atoms with E-state index in [4.69, 9.17) is 9.47 Å². The van der Waals surface area contributed by atoms with Crippen molar-refractivity contribution in [2.24, 2.45) is 0 Å². The van der Waals surface area contributed by atoms with Gasteiger partial charge in [0.05, 0.1) is 0 Å². The molecule has 2 unspecified atom stereocenters. The molecule has 2 aromatic rings. The molecule has 0 bridgehead atoms. The van der Waals surface area contributed by atoms with Crippen LogP contribution in [0.3, 0.4) is 0 Å². The zero-order valence-corrected chi connectivity index (χ0v) is 26.7. The Balaban J connectivity index is 1.12. The molecule has 4 aliphatic rings. The molecule has 6 amide bonds. The van der Waals surface area contributed by atoms with Crippen molar-refractivity contribution in [1.29, 1.82) is 0 Å². The Morgan fingerprint density at radius 3 is 1.39 bits per heavy atom. The molecule has 0 radical (unpaired) electrons. The first-order valence-electron chi connectivity index (χ1n) is 15.3. The smallest absolute Gasteiger partial charge is 0.417 e. The van der Waals surface area contributed by atoms with E-state index in [0.29, 0.717) is 38.8 Å². The molecule has 0 saturated carbocycles. The van der Waals surface area contributed by atoms with Gasteiger partial charge in [0.25, 0.3) is 11.8 Å². The molecule has 0 spiro atoms. The summed E-state index contributed by atoms with van der Waals surface area (Å²) in [5.41, 5.74) is 1.49. The Morgan fingerprint density at radius 2 is 1.00 bits per heavy atom. The number of fused-ring (bicyclic) bond motifs is 2. The summed E-state index contributed by atoms with van der Waals surface area (Å²) in [6.07, 6.45) is 0.514. The summed E-state index contributed by atoms with van der Waals surface area (Å²) in [4.78, 5) is 85.3. The quantitative estimate of drug-likeness (QED) is 0.290. The molecule has 4 heterocycles. The standard InChI is InChI=1S/C32H34N4O8S2/c37-27-25(35(29(39)23-13-7-15-33(23)27)31(41)43-17-21-9-3-1-4-10-21)19-45-46-20-26-28(38)34-16-8-14-24(34)30(40)36(26)32(42)44-18-22-11-5-2-6-12-22/h1-6,9-12,23-26H,7-8,13-20H2/t23?,24?,25-,26-/m0/s1. The van der Waals surface area contributed by atoms with Gasteiger partial charge in [0.2, 0.25) is 11.8 Å². The first kappa shape index (κ1) is 31.9. The number of carbonyl (C=O) groups excluding carboxylic acids is 6. The molecule has 46 heavy (non-hydrogen) atoms. The van der Waals surface area contributed by atoms with Crippen LogP contribution in [0.1, 0.15) is 36.8 Å². The number of amides is 6. The monoisotopic (exact) mass is 666 g/mol. The fraction of sp³-hybridized carbons (Fsp3) is 0.438. The maximum absolute atomic E-state index is 13.5. The van der Waals surface area contributed by atoms with Crippen LogP contribution in [0.15, 0.2) is 60.7 Å². The summed E-state index contributed by atoms with van der Waals surface area (Å²) < 4.78 is 10.9. The minimum atomic E-state index is -1.10. The molecule has 242 valence electrons. The van der Waals surface area contributed by atoms with Gasteiger partial charge in [-0.3, -0.25) is 19.2 Å². The van der Waals surface area contributed by atoms with Gasteiger partial charge in [0.15, 0.2) is 0 Å². The summed E-state index contributed by atoms with van der Waals surface area (Å²) in [7, 11) is 2.38. The zero-order chi connectivity index (χ0) is 32.2. The van der Waals surface area contributed by atoms with E-state index in [-0.39, 0.29) is 36.5 Å². The van der Waals surface area contributed by atoms with Crippen molar-refractivity contribution in [1.82, 2.24) is 19.6 Å². The minimum absolute atomic E-state index is 0.0402. The molecule has 4 aliphatic heterocycles. The van der Waals surface area contributed by atoms with Crippen LogP contribution in [0.4, 0.5) is 9.59 Å². The molecule has 0 aromatic heterocycles. The van der Waals surface area contributed by atoms with Crippen molar-refractivity contribution in [3.05, 3.63) is 71.8 Å². The molecule has 0 aliphatic carbocycles. The van der Waals surface area contributed by atoms with Crippen molar-refractivity contribution in [3.63, 3.8) is 0 Å². The number of benzene rings is 2. The van der Waals surface area contributed by atoms with E-state index in [9.17, 15) is 28.8 Å². The fourth-order valence-corrected chi connectivity index (χ4v) is 8.72. The average Bonchev–Trinajstić information content (AvgIpc) is 3.78. The van der Waals surface area contributed by atoms with Crippen LogP contribution in [0, 0.1) is 0 Å². The number of piperazine rings is 2. The predicted octanol–water partition coefficient (Wildman–Crippen LogP) is 3.45. The summed E-state index contributed by atoms with van der Waals surface area (Å²) >= 11 is 0. The van der Waals surface area contributed by atoms with Crippen LogP contribution in [0.5, 0.6) is 0 Å². The summed E-state index contributed by atoms with van der Waals surface area (Å²) in [6.45, 7) is 0.775. The summed E-state index contributed by atoms with van der Waals surface area (Å²) in [5, 5.41) is 0. The van der Waals surface area contributed by atoms with Crippen LogP contribution in [0.25, 0.3) is 0 Å². The van der Waals surface area contributed by atoms with E-state index in [1.54, 1.807) is 24.3 Å². The third-order valence-corrected chi connectivity index (χ3v) is 11.0. The Morgan fingerprint density at radius 1 is 0.609 bits per heavy atom. The van der Waals surface area contributed by atoms with Crippen molar-refractivity contribution in [3.8, 4) is 0 Å². The van der Waals surface area contributed by atoms with Crippen molar-refractivity contribution in [2.45, 2.75) is 63.1 Å². The molecule has 4 saturated heterocycles. The Hall–Kier alpha value is -4.04. The Labute approximate surface area is 274 Å². The largest absolute Gasteiger partial charge is 0.444 e. The molecule has 4 atom stereocenters. The molecule has 6 rings (SSSR count). The van der Waals surface area contributed by atoms with Gasteiger partial charge in [-0.15, -0.1) is 0 Å². The lowest BCUT2D eigenvalue weighted by Gasteiger charge is -2.41. The molecule has 14 heteroatoms. The molecule has 12 nitrogen and oxygen atoms in total. The number of carbonyl (C=O) groups is 6. The topological polar surface area (TPSA) is 134 Å². The first-order valence-corrected chi connectivity index (χ1v) is 17.8. The number of imide groups is 2. The highest BCUT2D eigenvalue weighted by molar-refractivity contribution is 8.76. The van der Waals surface area contributed by atoms with E-state index in [1.165, 1.54) is 31.4 Å². The second-order valence-electron chi connectivity index (χ2n) is 11.5. The molecule has 4 fully saturated rings. The normalized spacial score (nSPS) is 24.3. The van der Waals surface area contributed by atoms with E-state index in [1.807, 2.05) is 36.4 Å². The van der Waals surface area contributed by atoms with Crippen molar-refractivity contribution >= 4 is 57.4 Å². The molecule has 0 N–H and O–H groups in total. The number of nitrogens with zero attached hydrogens (tertiary/aromatic N) is 4. The number of ether oxygens (including phenoxy) is 2. The second kappa shape index (κ2) is 14.2. The fourth-order valence-electron chi connectivity index (χ4n) is 6.34. The number of rotatable bonds is 9. The maximum Gasteiger partial charge on any atom is 0.417 e. The molecule has 2 aromatic carbocycles. The predicted molar refractivity (Wildman–Crippen MR) is 169 cm³/mol. The molecular formula is C32H34N4O8S2. The lowest BCUT2D eigenvalue weighted by molar-refractivity contribution is -0.156. The highest BCUT2D eigenvalue weighted by Gasteiger charge is 2.52. The van der Waals surface area contributed by atoms with E-state index in [2.05, 4.69) is 0 Å². The SMILES string of the molecule is O=C1[C@H](CSSC[C@H]2C(=O)N3CCCC3C(=O)N2C(=O)OCc2ccccc2)N(C(=O)OCc2ccccc2)C(=O)C2CCCN12. The van der Waals surface area contributed by atoms with Gasteiger partial charge < -0.3 is 19.3 Å². The van der Waals surface area contributed by atoms with Gasteiger partial charge in [-0.1, -0.05) is 82.3 Å². The van der Waals surface area contributed by atoms with Crippen molar-refractivity contribution < 1.29 is 38.2 Å². The Bertz CT molecular complexity index is 1380. The van der Waals surface area contributed by atoms with Crippen LogP contribution in [-0.4, -0.2) is 104 Å². The lowest BCUT2D eigenvalue weighted by atomic mass is 10.1. The summed E-state index contributed by atoms with van der Waals surface area (Å²) in [5.74, 6) is -1.52. The van der Waals surface area contributed by atoms with E-state index in [0.717, 1.165) is 20.9 Å². The van der Waals surface area contributed by atoms with Gasteiger partial charge in [-0.05, 0) is 36.8 Å². The van der Waals surface area contributed by atoms with Crippen LogP contribution in [0.2, 0.25) is 0 Å². The van der Waals surface area contributed by atoms with Gasteiger partial charge in [-0.2, -0.15) is 0 Å². The number of hydrogen-bond acceptors (Lipinski definition) is 10. The summed E-state index contributed by atoms with van der Waals surface area (Å²) in [6, 6.07) is 14.5.